The summed E-state index contributed by atoms with van der Waals surface area (Å²) in [5, 5.41) is 2.64. The Bertz CT molecular complexity index is 964. The molecule has 2 heterocycles. The first-order chi connectivity index (χ1) is 13.9. The van der Waals surface area contributed by atoms with E-state index in [2.05, 4.69) is 10.0 Å². The molecule has 29 heavy (non-hydrogen) atoms. The third-order valence-electron chi connectivity index (χ3n) is 4.92. The minimum absolute atomic E-state index is 0.139. The maximum atomic E-state index is 12.6. The number of nitrogens with one attached hydrogen (secondary N) is 2. The Morgan fingerprint density at radius 3 is 2.41 bits per heavy atom. The van der Waals surface area contributed by atoms with Crippen molar-refractivity contribution in [1.82, 2.24) is 4.72 Å². The van der Waals surface area contributed by atoms with Crippen molar-refractivity contribution in [1.29, 1.82) is 0 Å². The smallest absolute Gasteiger partial charge is 0.412 e. The van der Waals surface area contributed by atoms with Gasteiger partial charge in [-0.15, -0.1) is 0 Å². The second-order valence-electron chi connectivity index (χ2n) is 7.07. The molecular weight excluding hydrogens is 396 g/mol. The first-order valence-electron chi connectivity index (χ1n) is 9.27. The second kappa shape index (κ2) is 8.11. The first kappa shape index (κ1) is 19.8. The van der Waals surface area contributed by atoms with Crippen molar-refractivity contribution >= 4 is 21.8 Å². The highest BCUT2D eigenvalue weighted by Crippen LogP contribution is 2.30. The van der Waals surface area contributed by atoms with Gasteiger partial charge in [0.05, 0.1) is 24.2 Å². The molecule has 2 aromatic rings. The first-order valence-corrected chi connectivity index (χ1v) is 10.8. The Kier molecular flexibility index (Phi) is 5.55. The standard InChI is InChI=1S/C20H22N2O6S/c1-13-7-9-15(10-8-13)29(24,25)22-16-11-26-19-17(12-27-18(16)19)28-20(23)21-14-5-3-2-4-6-14/h2-10,16-19,22H,11-12H2,1H3,(H,21,23)/t16-,17+,18+,19+/m0/s1. The molecule has 2 saturated heterocycles. The molecule has 1 amide bonds. The number of rotatable bonds is 5. The molecule has 0 saturated carbocycles. The molecule has 9 heteroatoms. The van der Waals surface area contributed by atoms with Gasteiger partial charge in [0.2, 0.25) is 10.0 Å². The Morgan fingerprint density at radius 2 is 1.69 bits per heavy atom. The number of carbonyl (C=O) groups excluding carboxylic acids is 1. The van der Waals surface area contributed by atoms with E-state index in [-0.39, 0.29) is 18.1 Å². The number of carbonyl (C=O) groups is 1. The minimum Gasteiger partial charge on any atom is -0.441 e. The predicted molar refractivity (Wildman–Crippen MR) is 105 cm³/mol. The van der Waals surface area contributed by atoms with Crippen LogP contribution < -0.4 is 10.0 Å². The molecule has 8 nitrogen and oxygen atoms in total. The topological polar surface area (TPSA) is 103 Å². The van der Waals surface area contributed by atoms with Gasteiger partial charge in [0, 0.05) is 5.69 Å². The number of sulfonamides is 1. The van der Waals surface area contributed by atoms with Gasteiger partial charge >= 0.3 is 6.09 Å². The molecule has 0 unspecified atom stereocenters. The van der Waals surface area contributed by atoms with Crippen LogP contribution in [0.1, 0.15) is 5.56 Å². The molecule has 2 fully saturated rings. The lowest BCUT2D eigenvalue weighted by molar-refractivity contribution is 0.00883. The van der Waals surface area contributed by atoms with Gasteiger partial charge in [-0.05, 0) is 31.2 Å². The van der Waals surface area contributed by atoms with Gasteiger partial charge in [-0.25, -0.2) is 17.9 Å². The Balaban J connectivity index is 1.36. The number of ether oxygens (including phenoxy) is 3. The van der Waals surface area contributed by atoms with Gasteiger partial charge in [0.1, 0.15) is 12.2 Å². The largest absolute Gasteiger partial charge is 0.441 e. The van der Waals surface area contributed by atoms with Crippen LogP contribution in [-0.4, -0.2) is 52.1 Å². The summed E-state index contributed by atoms with van der Waals surface area (Å²) >= 11 is 0. The van der Waals surface area contributed by atoms with E-state index in [0.29, 0.717) is 5.69 Å². The van der Waals surface area contributed by atoms with E-state index in [1.165, 1.54) is 0 Å². The van der Waals surface area contributed by atoms with E-state index >= 15 is 0 Å². The van der Waals surface area contributed by atoms with Gasteiger partial charge in [0.25, 0.3) is 0 Å². The van der Waals surface area contributed by atoms with Crippen LogP contribution in [0.2, 0.25) is 0 Å². The monoisotopic (exact) mass is 418 g/mol. The molecular formula is C20H22N2O6S. The Hall–Kier alpha value is -2.46. The summed E-state index contributed by atoms with van der Waals surface area (Å²) in [7, 11) is -3.71. The van der Waals surface area contributed by atoms with Crippen molar-refractivity contribution < 1.29 is 27.4 Å². The molecule has 0 aromatic heterocycles. The molecule has 0 aliphatic carbocycles. The molecule has 0 bridgehead atoms. The fourth-order valence-corrected chi connectivity index (χ4v) is 4.69. The van der Waals surface area contributed by atoms with Crippen molar-refractivity contribution in [2.45, 2.75) is 36.2 Å². The highest BCUT2D eigenvalue weighted by atomic mass is 32.2. The number of benzene rings is 2. The normalized spacial score (nSPS) is 26.1. The Labute approximate surface area is 169 Å². The van der Waals surface area contributed by atoms with Gasteiger partial charge in [0.15, 0.2) is 6.10 Å². The highest BCUT2D eigenvalue weighted by Gasteiger charge is 2.50. The number of para-hydroxylation sites is 1. The van der Waals surface area contributed by atoms with Crippen LogP contribution in [-0.2, 0) is 24.2 Å². The van der Waals surface area contributed by atoms with Crippen LogP contribution in [0.5, 0.6) is 0 Å². The minimum atomic E-state index is -3.71. The molecule has 2 aliphatic rings. The van der Waals surface area contributed by atoms with Crippen LogP contribution in [0.25, 0.3) is 0 Å². The van der Waals surface area contributed by atoms with Crippen molar-refractivity contribution in [3.63, 3.8) is 0 Å². The van der Waals surface area contributed by atoms with Gasteiger partial charge < -0.3 is 14.2 Å². The van der Waals surface area contributed by atoms with Crippen LogP contribution in [0.4, 0.5) is 10.5 Å². The summed E-state index contributed by atoms with van der Waals surface area (Å²) in [5.41, 5.74) is 1.59. The Morgan fingerprint density at radius 1 is 1.00 bits per heavy atom. The average molecular weight is 418 g/mol. The van der Waals surface area contributed by atoms with Crippen molar-refractivity contribution in [3.8, 4) is 0 Å². The third-order valence-corrected chi connectivity index (χ3v) is 6.43. The average Bonchev–Trinajstić information content (AvgIpc) is 3.26. The zero-order valence-corrected chi connectivity index (χ0v) is 16.6. The van der Waals surface area contributed by atoms with E-state index < -0.39 is 40.5 Å². The summed E-state index contributed by atoms with van der Waals surface area (Å²) in [6, 6.07) is 15.0. The lowest BCUT2D eigenvalue weighted by atomic mass is 10.1. The van der Waals surface area contributed by atoms with Gasteiger partial charge in [-0.3, -0.25) is 5.32 Å². The van der Waals surface area contributed by atoms with Crippen molar-refractivity contribution in [2.24, 2.45) is 0 Å². The number of fused-ring (bicyclic) bond motifs is 1. The molecule has 4 rings (SSSR count). The zero-order chi connectivity index (χ0) is 20.4. The van der Waals surface area contributed by atoms with Crippen LogP contribution in [0.3, 0.4) is 0 Å². The van der Waals surface area contributed by atoms with E-state index in [9.17, 15) is 13.2 Å². The number of aryl methyl sites for hydroxylation is 1. The summed E-state index contributed by atoms with van der Waals surface area (Å²) in [6.45, 7) is 2.17. The van der Waals surface area contributed by atoms with E-state index in [4.69, 9.17) is 14.2 Å². The third kappa shape index (κ3) is 4.43. The highest BCUT2D eigenvalue weighted by molar-refractivity contribution is 7.89. The maximum Gasteiger partial charge on any atom is 0.412 e. The van der Waals surface area contributed by atoms with Gasteiger partial charge in [-0.2, -0.15) is 0 Å². The summed E-state index contributed by atoms with van der Waals surface area (Å²) in [6.07, 6.45) is -2.28. The van der Waals surface area contributed by atoms with Crippen molar-refractivity contribution in [3.05, 3.63) is 60.2 Å². The number of anilines is 1. The molecule has 4 atom stereocenters. The molecule has 2 aliphatic heterocycles. The summed E-state index contributed by atoms with van der Waals surface area (Å²) in [4.78, 5) is 12.3. The predicted octanol–water partition coefficient (Wildman–Crippen LogP) is 2.06. The van der Waals surface area contributed by atoms with E-state index in [0.717, 1.165) is 5.56 Å². The number of amides is 1. The molecule has 2 N–H and O–H groups in total. The van der Waals surface area contributed by atoms with Gasteiger partial charge in [-0.1, -0.05) is 35.9 Å². The maximum absolute atomic E-state index is 12.6. The molecule has 0 radical (unpaired) electrons. The summed E-state index contributed by atoms with van der Waals surface area (Å²) < 4.78 is 44.7. The fraction of sp³-hybridized carbons (Fsp3) is 0.350. The summed E-state index contributed by atoms with van der Waals surface area (Å²) in [5.74, 6) is 0. The lowest BCUT2D eigenvalue weighted by Gasteiger charge is -2.18. The second-order valence-corrected chi connectivity index (χ2v) is 8.79. The molecule has 154 valence electrons. The van der Waals surface area contributed by atoms with Crippen LogP contribution in [0, 0.1) is 6.92 Å². The van der Waals surface area contributed by atoms with Crippen LogP contribution >= 0.6 is 0 Å². The molecule has 2 aromatic carbocycles. The van der Waals surface area contributed by atoms with Crippen LogP contribution in [0.15, 0.2) is 59.5 Å². The fourth-order valence-electron chi connectivity index (χ4n) is 3.46. The number of hydrogen-bond acceptors (Lipinski definition) is 6. The van der Waals surface area contributed by atoms with E-state index in [1.54, 1.807) is 48.5 Å². The van der Waals surface area contributed by atoms with E-state index in [1.807, 2.05) is 13.0 Å². The number of hydrogen-bond donors (Lipinski definition) is 2. The SMILES string of the molecule is Cc1ccc(S(=O)(=O)N[C@H]2CO[C@H]3[C@@H]2OC[C@H]3OC(=O)Nc2ccccc2)cc1. The quantitative estimate of drug-likeness (QED) is 0.771. The zero-order valence-electron chi connectivity index (χ0n) is 15.8. The van der Waals surface area contributed by atoms with Crippen molar-refractivity contribution in [2.75, 3.05) is 18.5 Å². The molecule has 0 spiro atoms. The lowest BCUT2D eigenvalue weighted by Crippen LogP contribution is -2.44.